The van der Waals surface area contributed by atoms with Gasteiger partial charge in [0.15, 0.2) is 0 Å². The third-order valence-corrected chi connectivity index (χ3v) is 2.82. The summed E-state index contributed by atoms with van der Waals surface area (Å²) < 4.78 is 0. The molecule has 0 spiro atoms. The van der Waals surface area contributed by atoms with E-state index in [1.807, 2.05) is 45.0 Å². The van der Waals surface area contributed by atoms with E-state index in [1.165, 1.54) is 4.90 Å². The first-order valence-corrected chi connectivity index (χ1v) is 6.18. The van der Waals surface area contributed by atoms with Crippen molar-refractivity contribution in [1.82, 2.24) is 0 Å². The number of carbonyl (C=O) groups is 2. The lowest BCUT2D eigenvalue weighted by Gasteiger charge is -2.16. The van der Waals surface area contributed by atoms with Crippen LogP contribution in [0.3, 0.4) is 0 Å². The Morgan fingerprint density at radius 1 is 1.28 bits per heavy atom. The van der Waals surface area contributed by atoms with E-state index in [9.17, 15) is 9.59 Å². The van der Waals surface area contributed by atoms with Crippen LogP contribution in [0.4, 0.5) is 5.69 Å². The number of carbonyl (C=O) groups excluding carboxylic acids is 1. The van der Waals surface area contributed by atoms with Crippen LogP contribution >= 0.6 is 0 Å². The smallest absolute Gasteiger partial charge is 0.308 e. The molecule has 18 heavy (non-hydrogen) atoms. The second kappa shape index (κ2) is 6.19. The highest BCUT2D eigenvalue weighted by Gasteiger charge is 2.34. The summed E-state index contributed by atoms with van der Waals surface area (Å²) >= 11 is 0. The van der Waals surface area contributed by atoms with Crippen LogP contribution in [-0.4, -0.2) is 23.5 Å². The van der Waals surface area contributed by atoms with Crippen LogP contribution < -0.4 is 4.90 Å². The van der Waals surface area contributed by atoms with E-state index in [2.05, 4.69) is 0 Å². The summed E-state index contributed by atoms with van der Waals surface area (Å²) in [6.07, 6.45) is 0.100. The Hall–Kier alpha value is -1.84. The van der Waals surface area contributed by atoms with Crippen molar-refractivity contribution in [2.75, 3.05) is 11.4 Å². The number of carboxylic acid groups (broad SMARTS) is 1. The maximum Gasteiger partial charge on any atom is 0.308 e. The van der Waals surface area contributed by atoms with Crippen LogP contribution in [0, 0.1) is 12.8 Å². The number of amides is 1. The summed E-state index contributed by atoms with van der Waals surface area (Å²) in [4.78, 5) is 24.0. The average molecular weight is 249 g/mol. The van der Waals surface area contributed by atoms with Gasteiger partial charge < -0.3 is 10.0 Å². The standard InChI is InChI=1S/C12H13NO3.C2H6/c1-8-2-4-10(5-3-8)13-7-9(12(15)16)6-11(13)14;1-2/h2-5,9H,6-7H2,1H3,(H,15,16);1-2H3. The van der Waals surface area contributed by atoms with E-state index in [4.69, 9.17) is 5.11 Å². The third-order valence-electron chi connectivity index (χ3n) is 2.82. The molecule has 1 heterocycles. The first-order chi connectivity index (χ1) is 8.58. The molecule has 1 fully saturated rings. The highest BCUT2D eigenvalue weighted by atomic mass is 16.4. The topological polar surface area (TPSA) is 57.6 Å². The monoisotopic (exact) mass is 249 g/mol. The lowest BCUT2D eigenvalue weighted by Crippen LogP contribution is -2.25. The molecule has 1 aliphatic rings. The fourth-order valence-corrected chi connectivity index (χ4v) is 1.85. The van der Waals surface area contributed by atoms with Gasteiger partial charge in [-0.25, -0.2) is 0 Å². The van der Waals surface area contributed by atoms with Crippen molar-refractivity contribution in [3.63, 3.8) is 0 Å². The predicted octanol–water partition coefficient (Wildman–Crippen LogP) is 2.46. The van der Waals surface area contributed by atoms with Crippen molar-refractivity contribution in [3.05, 3.63) is 29.8 Å². The maximum atomic E-state index is 11.6. The zero-order chi connectivity index (χ0) is 13.7. The van der Waals surface area contributed by atoms with Gasteiger partial charge in [0.1, 0.15) is 0 Å². The van der Waals surface area contributed by atoms with Gasteiger partial charge in [-0.15, -0.1) is 0 Å². The Labute approximate surface area is 107 Å². The van der Waals surface area contributed by atoms with Crippen molar-refractivity contribution in [3.8, 4) is 0 Å². The number of anilines is 1. The van der Waals surface area contributed by atoms with Crippen LogP contribution in [0.5, 0.6) is 0 Å². The van der Waals surface area contributed by atoms with Crippen molar-refractivity contribution < 1.29 is 14.7 Å². The summed E-state index contributed by atoms with van der Waals surface area (Å²) in [6.45, 7) is 6.24. The molecule has 0 saturated carbocycles. The fourth-order valence-electron chi connectivity index (χ4n) is 1.85. The number of hydrogen-bond donors (Lipinski definition) is 1. The van der Waals surface area contributed by atoms with Gasteiger partial charge in [0.2, 0.25) is 5.91 Å². The van der Waals surface area contributed by atoms with E-state index in [1.54, 1.807) is 0 Å². The summed E-state index contributed by atoms with van der Waals surface area (Å²) in [5, 5.41) is 8.86. The molecule has 0 radical (unpaired) electrons. The molecule has 1 amide bonds. The summed E-state index contributed by atoms with van der Waals surface area (Å²) in [6, 6.07) is 7.52. The second-order valence-electron chi connectivity index (χ2n) is 4.08. The minimum absolute atomic E-state index is 0.100. The highest BCUT2D eigenvalue weighted by Crippen LogP contribution is 2.25. The van der Waals surface area contributed by atoms with Crippen molar-refractivity contribution in [2.24, 2.45) is 5.92 Å². The van der Waals surface area contributed by atoms with Crippen LogP contribution in [0.15, 0.2) is 24.3 Å². The molecule has 4 heteroatoms. The van der Waals surface area contributed by atoms with Crippen molar-refractivity contribution >= 4 is 17.6 Å². The molecule has 1 atom stereocenters. The molecule has 4 nitrogen and oxygen atoms in total. The minimum Gasteiger partial charge on any atom is -0.481 e. The molecule has 1 aromatic carbocycles. The van der Waals surface area contributed by atoms with Crippen molar-refractivity contribution in [2.45, 2.75) is 27.2 Å². The molecule has 1 aromatic rings. The third kappa shape index (κ3) is 3.09. The normalized spacial score (nSPS) is 18.3. The fraction of sp³-hybridized carbons (Fsp3) is 0.429. The average Bonchev–Trinajstić information content (AvgIpc) is 2.75. The van der Waals surface area contributed by atoms with E-state index in [0.717, 1.165) is 11.3 Å². The Kier molecular flexibility index (Phi) is 4.89. The lowest BCUT2D eigenvalue weighted by molar-refractivity contribution is -0.141. The van der Waals surface area contributed by atoms with Gasteiger partial charge in [-0.3, -0.25) is 9.59 Å². The molecule has 0 aromatic heterocycles. The molecule has 1 saturated heterocycles. The van der Waals surface area contributed by atoms with Gasteiger partial charge in [0, 0.05) is 18.7 Å². The van der Waals surface area contributed by atoms with Crippen LogP contribution in [0.25, 0.3) is 0 Å². The minimum atomic E-state index is -0.900. The second-order valence-corrected chi connectivity index (χ2v) is 4.08. The van der Waals surface area contributed by atoms with E-state index in [-0.39, 0.29) is 18.9 Å². The Morgan fingerprint density at radius 3 is 2.28 bits per heavy atom. The molecule has 2 rings (SSSR count). The van der Waals surface area contributed by atoms with E-state index >= 15 is 0 Å². The zero-order valence-electron chi connectivity index (χ0n) is 11.0. The van der Waals surface area contributed by atoms with Gasteiger partial charge in [0.05, 0.1) is 5.92 Å². The molecule has 0 aliphatic carbocycles. The van der Waals surface area contributed by atoms with E-state index < -0.39 is 11.9 Å². The number of aliphatic carboxylic acids is 1. The van der Waals surface area contributed by atoms with Crippen LogP contribution in [-0.2, 0) is 9.59 Å². The maximum absolute atomic E-state index is 11.6. The summed E-state index contributed by atoms with van der Waals surface area (Å²) in [5.41, 5.74) is 1.89. The molecular weight excluding hydrogens is 230 g/mol. The summed E-state index contributed by atoms with van der Waals surface area (Å²) in [5.74, 6) is -1.59. The SMILES string of the molecule is CC.Cc1ccc(N2CC(C(=O)O)CC2=O)cc1. The zero-order valence-corrected chi connectivity index (χ0v) is 11.0. The van der Waals surface area contributed by atoms with Gasteiger partial charge in [-0.05, 0) is 19.1 Å². The Balaban J connectivity index is 0.000000771. The molecule has 1 N–H and O–H groups in total. The number of benzene rings is 1. The van der Waals surface area contributed by atoms with Crippen LogP contribution in [0.2, 0.25) is 0 Å². The first-order valence-electron chi connectivity index (χ1n) is 6.18. The number of aryl methyl sites for hydroxylation is 1. The molecule has 1 aliphatic heterocycles. The molecule has 0 bridgehead atoms. The molecule has 98 valence electrons. The number of nitrogens with zero attached hydrogens (tertiary/aromatic N) is 1. The van der Waals surface area contributed by atoms with Gasteiger partial charge >= 0.3 is 5.97 Å². The number of carboxylic acids is 1. The predicted molar refractivity (Wildman–Crippen MR) is 70.6 cm³/mol. The van der Waals surface area contributed by atoms with Crippen molar-refractivity contribution in [1.29, 1.82) is 0 Å². The lowest BCUT2D eigenvalue weighted by atomic mass is 10.1. The number of rotatable bonds is 2. The largest absolute Gasteiger partial charge is 0.481 e. The van der Waals surface area contributed by atoms with Gasteiger partial charge in [0.25, 0.3) is 0 Å². The first kappa shape index (κ1) is 14.2. The van der Waals surface area contributed by atoms with Crippen LogP contribution in [0.1, 0.15) is 25.8 Å². The summed E-state index contributed by atoms with van der Waals surface area (Å²) in [7, 11) is 0. The molecule has 1 unspecified atom stereocenters. The Bertz CT molecular complexity index is 425. The highest BCUT2D eigenvalue weighted by molar-refractivity contribution is 5.99. The number of hydrogen-bond acceptors (Lipinski definition) is 2. The quantitative estimate of drug-likeness (QED) is 0.876. The Morgan fingerprint density at radius 2 is 1.83 bits per heavy atom. The van der Waals surface area contributed by atoms with Gasteiger partial charge in [-0.1, -0.05) is 31.5 Å². The van der Waals surface area contributed by atoms with Gasteiger partial charge in [-0.2, -0.15) is 0 Å². The molecular formula is C14H19NO3. The van der Waals surface area contributed by atoms with E-state index in [0.29, 0.717) is 0 Å².